The Morgan fingerprint density at radius 1 is 1.16 bits per heavy atom. The molecule has 4 N–H and O–H groups in total. The maximum absolute atomic E-state index is 12.5. The number of quaternary nitrogens is 1. The molecule has 1 unspecified atom stereocenters. The SMILES string of the molecule is C[NH+](Cc1nc2ccccc2s1)[C@@H](C(=O)NC(N)=O)c1ccccc1. The summed E-state index contributed by atoms with van der Waals surface area (Å²) in [6.45, 7) is 0.561. The average molecular weight is 355 g/mol. The number of hydrogen-bond acceptors (Lipinski definition) is 4. The number of nitrogens with one attached hydrogen (secondary N) is 2. The molecule has 0 aliphatic heterocycles. The standard InChI is InChI=1S/C18H18N4O2S/c1-22(11-15-20-13-9-5-6-10-14(13)25-15)16(17(23)21-18(19)24)12-7-3-2-4-8-12/h2-10,16H,11H2,1H3,(H3,19,21,23,24)/p+1/t16-/m1/s1. The molecule has 0 fully saturated rings. The number of hydrogen-bond donors (Lipinski definition) is 3. The van der Waals surface area contributed by atoms with Gasteiger partial charge in [0.05, 0.1) is 17.3 Å². The minimum atomic E-state index is -0.848. The normalized spacial score (nSPS) is 13.3. The van der Waals surface area contributed by atoms with Gasteiger partial charge in [0.2, 0.25) is 0 Å². The number of rotatable bonds is 5. The number of nitrogens with two attached hydrogens (primary N) is 1. The Balaban J connectivity index is 1.86. The number of fused-ring (bicyclic) bond motifs is 1. The van der Waals surface area contributed by atoms with Gasteiger partial charge in [0.15, 0.2) is 6.04 Å². The maximum atomic E-state index is 12.5. The summed E-state index contributed by atoms with van der Waals surface area (Å²) >= 11 is 1.61. The number of nitrogens with zero attached hydrogens (tertiary/aromatic N) is 1. The van der Waals surface area contributed by atoms with Gasteiger partial charge in [-0.15, -0.1) is 11.3 Å². The molecule has 3 rings (SSSR count). The fourth-order valence-electron chi connectivity index (χ4n) is 2.83. The van der Waals surface area contributed by atoms with Crippen LogP contribution < -0.4 is 16.0 Å². The largest absolute Gasteiger partial charge is 0.351 e. The zero-order chi connectivity index (χ0) is 17.8. The second kappa shape index (κ2) is 7.42. The number of amides is 3. The zero-order valence-corrected chi connectivity index (χ0v) is 14.5. The third-order valence-corrected chi connectivity index (χ3v) is 4.94. The van der Waals surface area contributed by atoms with Gasteiger partial charge in [0, 0.05) is 5.56 Å². The van der Waals surface area contributed by atoms with Crippen molar-refractivity contribution in [2.45, 2.75) is 12.6 Å². The van der Waals surface area contributed by atoms with Crippen molar-refractivity contribution in [2.75, 3.05) is 7.05 Å². The highest BCUT2D eigenvalue weighted by Crippen LogP contribution is 2.21. The van der Waals surface area contributed by atoms with E-state index in [-0.39, 0.29) is 0 Å². The monoisotopic (exact) mass is 355 g/mol. The van der Waals surface area contributed by atoms with Gasteiger partial charge in [-0.3, -0.25) is 10.1 Å². The molecule has 6 nitrogen and oxygen atoms in total. The van der Waals surface area contributed by atoms with Crippen molar-refractivity contribution in [1.29, 1.82) is 0 Å². The summed E-state index contributed by atoms with van der Waals surface area (Å²) in [5.74, 6) is -0.419. The predicted molar refractivity (Wildman–Crippen MR) is 97.1 cm³/mol. The quantitative estimate of drug-likeness (QED) is 0.643. The molecule has 0 radical (unpaired) electrons. The Morgan fingerprint density at radius 2 is 1.84 bits per heavy atom. The number of imide groups is 1. The highest BCUT2D eigenvalue weighted by atomic mass is 32.1. The van der Waals surface area contributed by atoms with Crippen molar-refractivity contribution in [3.05, 3.63) is 65.2 Å². The number of thiazole rings is 1. The molecule has 0 aliphatic carbocycles. The smallest absolute Gasteiger partial charge is 0.319 e. The lowest BCUT2D eigenvalue weighted by atomic mass is 10.0. The van der Waals surface area contributed by atoms with E-state index in [4.69, 9.17) is 5.73 Å². The molecule has 2 aromatic carbocycles. The van der Waals surface area contributed by atoms with Gasteiger partial charge in [0.1, 0.15) is 11.6 Å². The first-order chi connectivity index (χ1) is 12.0. The van der Waals surface area contributed by atoms with Crippen LogP contribution in [0.4, 0.5) is 4.79 Å². The van der Waals surface area contributed by atoms with E-state index in [1.807, 2.05) is 61.6 Å². The molecule has 2 atom stereocenters. The topological polar surface area (TPSA) is 89.5 Å². The minimum Gasteiger partial charge on any atom is -0.351 e. The number of carbonyl (C=O) groups excluding carboxylic acids is 2. The third-order valence-electron chi connectivity index (χ3n) is 3.90. The zero-order valence-electron chi connectivity index (χ0n) is 13.7. The van der Waals surface area contributed by atoms with Gasteiger partial charge in [-0.05, 0) is 12.1 Å². The molecule has 1 heterocycles. The summed E-state index contributed by atoms with van der Waals surface area (Å²) in [5, 5.41) is 3.13. The molecule has 0 saturated carbocycles. The lowest BCUT2D eigenvalue weighted by molar-refractivity contribution is -0.916. The third kappa shape index (κ3) is 4.01. The molecule has 7 heteroatoms. The van der Waals surface area contributed by atoms with Crippen LogP contribution in [0.3, 0.4) is 0 Å². The van der Waals surface area contributed by atoms with Crippen LogP contribution in [0.25, 0.3) is 10.2 Å². The Hall–Kier alpha value is -2.77. The number of para-hydroxylation sites is 1. The molecule has 0 saturated heterocycles. The molecule has 1 aromatic heterocycles. The Labute approximate surface area is 149 Å². The summed E-state index contributed by atoms with van der Waals surface area (Å²) in [6, 6.07) is 15.9. The van der Waals surface area contributed by atoms with Crippen molar-refractivity contribution < 1.29 is 14.5 Å². The van der Waals surface area contributed by atoms with Crippen LogP contribution in [-0.4, -0.2) is 24.0 Å². The molecular formula is C18H19N4O2S+. The Kier molecular flexibility index (Phi) is 5.06. The van der Waals surface area contributed by atoms with E-state index in [1.54, 1.807) is 11.3 Å². The van der Waals surface area contributed by atoms with Crippen molar-refractivity contribution in [3.8, 4) is 0 Å². The van der Waals surface area contributed by atoms with Gasteiger partial charge >= 0.3 is 6.03 Å². The predicted octanol–water partition coefficient (Wildman–Crippen LogP) is 1.25. The lowest BCUT2D eigenvalue weighted by Gasteiger charge is -2.23. The minimum absolute atomic E-state index is 0.419. The van der Waals surface area contributed by atoms with Crippen LogP contribution in [-0.2, 0) is 11.3 Å². The first kappa shape index (κ1) is 17.1. The van der Waals surface area contributed by atoms with Crippen molar-refractivity contribution >= 4 is 33.5 Å². The van der Waals surface area contributed by atoms with Crippen LogP contribution in [0, 0.1) is 0 Å². The van der Waals surface area contributed by atoms with Crippen LogP contribution >= 0.6 is 11.3 Å². The fraction of sp³-hybridized carbons (Fsp3) is 0.167. The first-order valence-electron chi connectivity index (χ1n) is 7.86. The van der Waals surface area contributed by atoms with Gasteiger partial charge in [-0.1, -0.05) is 42.5 Å². The second-order valence-electron chi connectivity index (χ2n) is 5.80. The number of likely N-dealkylation sites (N-methyl/N-ethyl adjacent to an activating group) is 1. The van der Waals surface area contributed by atoms with Crippen molar-refractivity contribution in [1.82, 2.24) is 10.3 Å². The number of benzene rings is 2. The van der Waals surface area contributed by atoms with E-state index in [0.717, 1.165) is 25.7 Å². The lowest BCUT2D eigenvalue weighted by Crippen LogP contribution is -3.09. The van der Waals surface area contributed by atoms with Crippen LogP contribution in [0.5, 0.6) is 0 Å². The molecule has 25 heavy (non-hydrogen) atoms. The van der Waals surface area contributed by atoms with Crippen molar-refractivity contribution in [3.63, 3.8) is 0 Å². The highest BCUT2D eigenvalue weighted by Gasteiger charge is 2.30. The van der Waals surface area contributed by atoms with Gasteiger partial charge in [-0.2, -0.15) is 0 Å². The summed E-state index contributed by atoms with van der Waals surface area (Å²) in [6.07, 6.45) is 0. The molecule has 3 aromatic rings. The number of primary amides is 1. The van der Waals surface area contributed by atoms with Gasteiger partial charge in [-0.25, -0.2) is 9.78 Å². The Bertz CT molecular complexity index is 861. The molecule has 0 spiro atoms. The molecule has 0 aliphatic rings. The van der Waals surface area contributed by atoms with Gasteiger partial charge in [0.25, 0.3) is 5.91 Å². The number of urea groups is 1. The van der Waals surface area contributed by atoms with Crippen LogP contribution in [0.2, 0.25) is 0 Å². The average Bonchev–Trinajstić information content (AvgIpc) is 2.97. The highest BCUT2D eigenvalue weighted by molar-refractivity contribution is 7.18. The first-order valence-corrected chi connectivity index (χ1v) is 8.68. The summed E-state index contributed by atoms with van der Waals surface area (Å²) in [7, 11) is 1.91. The van der Waals surface area contributed by atoms with Crippen LogP contribution in [0.1, 0.15) is 16.6 Å². The van der Waals surface area contributed by atoms with Crippen molar-refractivity contribution in [2.24, 2.45) is 5.73 Å². The Morgan fingerprint density at radius 3 is 2.52 bits per heavy atom. The molecule has 0 bridgehead atoms. The van der Waals surface area contributed by atoms with E-state index in [0.29, 0.717) is 6.54 Å². The summed E-state index contributed by atoms with van der Waals surface area (Å²) < 4.78 is 1.11. The van der Waals surface area contributed by atoms with E-state index < -0.39 is 18.0 Å². The van der Waals surface area contributed by atoms with Gasteiger partial charge < -0.3 is 10.6 Å². The molecule has 128 valence electrons. The number of aromatic nitrogens is 1. The maximum Gasteiger partial charge on any atom is 0.319 e. The summed E-state index contributed by atoms with van der Waals surface area (Å²) in [4.78, 5) is 29.2. The van der Waals surface area contributed by atoms with E-state index in [1.165, 1.54) is 0 Å². The summed E-state index contributed by atoms with van der Waals surface area (Å²) in [5.41, 5.74) is 6.89. The second-order valence-corrected chi connectivity index (χ2v) is 6.91. The van der Waals surface area contributed by atoms with E-state index >= 15 is 0 Å². The van der Waals surface area contributed by atoms with E-state index in [9.17, 15) is 9.59 Å². The number of carbonyl (C=O) groups is 2. The van der Waals surface area contributed by atoms with Crippen LogP contribution in [0.15, 0.2) is 54.6 Å². The van der Waals surface area contributed by atoms with E-state index in [2.05, 4.69) is 10.3 Å². The molecular weight excluding hydrogens is 336 g/mol. The fourth-order valence-corrected chi connectivity index (χ4v) is 3.90. The molecule has 3 amide bonds.